The molecule has 0 spiro atoms. The molecule has 1 aromatic heterocycles. The lowest BCUT2D eigenvalue weighted by atomic mass is 10.2. The molecule has 5 nitrogen and oxygen atoms in total. The van der Waals surface area contributed by atoms with E-state index >= 15 is 0 Å². The molecule has 3 N–H and O–H groups in total. The van der Waals surface area contributed by atoms with Crippen LogP contribution in [0.2, 0.25) is 0 Å². The Morgan fingerprint density at radius 3 is 2.23 bits per heavy atom. The molecule has 1 rings (SSSR count). The number of aromatic nitrogens is 1. The van der Waals surface area contributed by atoms with Gasteiger partial charge in [0.2, 0.25) is 0 Å². The first-order chi connectivity index (χ1) is 9.84. The van der Waals surface area contributed by atoms with Crippen molar-refractivity contribution in [3.8, 4) is 0 Å². The van der Waals surface area contributed by atoms with Crippen LogP contribution in [0.1, 0.15) is 16.1 Å². The second-order valence-electron chi connectivity index (χ2n) is 3.87. The number of pyridine rings is 1. The third-order valence-electron chi connectivity index (χ3n) is 2.25. The third kappa shape index (κ3) is 4.32. The zero-order chi connectivity index (χ0) is 17.3. The average molecular weight is 394 g/mol. The smallest absolute Gasteiger partial charge is 0.397 e. The predicted molar refractivity (Wildman–Crippen MR) is 64.7 cm³/mol. The van der Waals surface area contributed by atoms with Crippen LogP contribution in [0.25, 0.3) is 0 Å². The van der Waals surface area contributed by atoms with Crippen molar-refractivity contribution in [3.63, 3.8) is 0 Å². The molecule has 0 saturated carbocycles. The molecule has 0 atom stereocenters. The molecule has 0 aliphatic heterocycles. The summed E-state index contributed by atoms with van der Waals surface area (Å²) in [4.78, 5) is 25.4. The Bertz CT molecular complexity index is 614. The van der Waals surface area contributed by atoms with Crippen LogP contribution in [0.3, 0.4) is 0 Å². The molecule has 0 fully saturated rings. The number of hydrogen-bond acceptors (Lipinski definition) is 4. The minimum Gasteiger partial charge on any atom is -0.397 e. The molecular weight excluding hydrogens is 388 g/mol. The summed E-state index contributed by atoms with van der Waals surface area (Å²) < 4.78 is 72.8. The van der Waals surface area contributed by atoms with Gasteiger partial charge < -0.3 is 11.1 Å². The van der Waals surface area contributed by atoms with Gasteiger partial charge in [0.25, 0.3) is 11.7 Å². The van der Waals surface area contributed by atoms with E-state index in [9.17, 15) is 35.9 Å². The van der Waals surface area contributed by atoms with Crippen molar-refractivity contribution in [3.05, 3.63) is 21.9 Å². The Hall–Kier alpha value is -1.85. The number of nitrogen functional groups attached to an aromatic ring is 1. The van der Waals surface area contributed by atoms with Gasteiger partial charge in [0.15, 0.2) is 5.69 Å². The highest BCUT2D eigenvalue weighted by atomic mass is 79.9. The highest BCUT2D eigenvalue weighted by Crippen LogP contribution is 2.35. The summed E-state index contributed by atoms with van der Waals surface area (Å²) in [6.07, 6.45) is -9.94. The molecule has 122 valence electrons. The molecule has 0 radical (unpaired) electrons. The Labute approximate surface area is 127 Å². The highest BCUT2D eigenvalue weighted by Gasteiger charge is 2.38. The molecule has 1 aromatic rings. The lowest BCUT2D eigenvalue weighted by Crippen LogP contribution is -2.37. The molecule has 0 aromatic carbocycles. The van der Waals surface area contributed by atoms with Gasteiger partial charge in [0.1, 0.15) is 4.60 Å². The topological polar surface area (TPSA) is 85.1 Å². The SMILES string of the molecule is Nc1cc(C(F)(F)F)c(Br)nc1C(=O)NCC(=O)C(F)(F)F. The Morgan fingerprint density at radius 1 is 1.23 bits per heavy atom. The molecule has 1 amide bonds. The molecule has 0 aliphatic rings. The fraction of sp³-hybridized carbons (Fsp3) is 0.300. The monoisotopic (exact) mass is 393 g/mol. The lowest BCUT2D eigenvalue weighted by molar-refractivity contribution is -0.169. The van der Waals surface area contributed by atoms with Crippen LogP contribution >= 0.6 is 15.9 Å². The van der Waals surface area contributed by atoms with Crippen LogP contribution < -0.4 is 11.1 Å². The lowest BCUT2D eigenvalue weighted by Gasteiger charge is -2.12. The number of rotatable bonds is 3. The van der Waals surface area contributed by atoms with E-state index in [1.165, 1.54) is 0 Å². The van der Waals surface area contributed by atoms with E-state index in [1.54, 1.807) is 5.32 Å². The normalized spacial score (nSPS) is 12.1. The number of nitrogens with two attached hydrogens (primary N) is 1. The van der Waals surface area contributed by atoms with E-state index in [1.807, 2.05) is 0 Å². The summed E-state index contributed by atoms with van der Waals surface area (Å²) in [6.45, 7) is -1.39. The van der Waals surface area contributed by atoms with E-state index in [2.05, 4.69) is 20.9 Å². The van der Waals surface area contributed by atoms with Crippen molar-refractivity contribution in [2.75, 3.05) is 12.3 Å². The van der Waals surface area contributed by atoms with Gasteiger partial charge in [-0.05, 0) is 22.0 Å². The minimum atomic E-state index is -5.15. The van der Waals surface area contributed by atoms with Gasteiger partial charge in [-0.3, -0.25) is 9.59 Å². The largest absolute Gasteiger partial charge is 0.451 e. The number of halogens is 7. The van der Waals surface area contributed by atoms with Crippen molar-refractivity contribution in [2.24, 2.45) is 0 Å². The number of carbonyl (C=O) groups excluding carboxylic acids is 2. The summed E-state index contributed by atoms with van der Waals surface area (Å²) in [6, 6.07) is 0.400. The average Bonchev–Trinajstić information content (AvgIpc) is 2.35. The van der Waals surface area contributed by atoms with Gasteiger partial charge in [0, 0.05) is 0 Å². The molecule has 22 heavy (non-hydrogen) atoms. The zero-order valence-corrected chi connectivity index (χ0v) is 11.9. The van der Waals surface area contributed by atoms with Crippen LogP contribution in [0.4, 0.5) is 32.0 Å². The number of nitrogens with zero attached hydrogens (tertiary/aromatic N) is 1. The van der Waals surface area contributed by atoms with Crippen molar-refractivity contribution in [1.82, 2.24) is 10.3 Å². The van der Waals surface area contributed by atoms with E-state index in [4.69, 9.17) is 5.73 Å². The fourth-order valence-corrected chi connectivity index (χ4v) is 1.75. The standard InChI is InChI=1S/C10H6BrF6N3O2/c11-7-3(9(12,13)14)1-4(18)6(20-7)8(22)19-2-5(21)10(15,16)17/h1H,2,18H2,(H,19,22). The first-order valence-corrected chi connectivity index (χ1v) is 6.04. The molecule has 0 saturated heterocycles. The minimum absolute atomic E-state index is 0.400. The van der Waals surface area contributed by atoms with E-state index in [-0.39, 0.29) is 0 Å². The number of nitrogens with one attached hydrogen (secondary N) is 1. The third-order valence-corrected chi connectivity index (χ3v) is 2.86. The van der Waals surface area contributed by atoms with Gasteiger partial charge in [0.05, 0.1) is 17.8 Å². The maximum atomic E-state index is 12.6. The predicted octanol–water partition coefficient (Wildman–Crippen LogP) is 2.31. The quantitative estimate of drug-likeness (QED) is 0.609. The van der Waals surface area contributed by atoms with Gasteiger partial charge in [-0.25, -0.2) is 4.98 Å². The molecule has 0 unspecified atom stereocenters. The number of amides is 1. The van der Waals surface area contributed by atoms with Gasteiger partial charge in [-0.2, -0.15) is 26.3 Å². The number of alkyl halides is 6. The summed E-state index contributed by atoms with van der Waals surface area (Å²) in [5.74, 6) is -3.55. The van der Waals surface area contributed by atoms with Crippen LogP contribution in [-0.4, -0.2) is 29.4 Å². The van der Waals surface area contributed by atoms with Crippen LogP contribution in [0.15, 0.2) is 10.7 Å². The number of anilines is 1. The maximum absolute atomic E-state index is 12.6. The van der Waals surface area contributed by atoms with Crippen molar-refractivity contribution in [2.45, 2.75) is 12.4 Å². The van der Waals surface area contributed by atoms with Crippen LogP contribution in [-0.2, 0) is 11.0 Å². The first kappa shape index (κ1) is 18.2. The second kappa shape index (κ2) is 6.10. The Morgan fingerprint density at radius 2 is 1.77 bits per heavy atom. The summed E-state index contributed by atoms with van der Waals surface area (Å²) in [7, 11) is 0. The van der Waals surface area contributed by atoms with Crippen molar-refractivity contribution < 1.29 is 35.9 Å². The molecular formula is C10H6BrF6N3O2. The number of ketones is 1. The van der Waals surface area contributed by atoms with Crippen molar-refractivity contribution >= 4 is 33.3 Å². The molecule has 12 heteroatoms. The molecule has 0 bridgehead atoms. The van der Waals surface area contributed by atoms with E-state index in [0.29, 0.717) is 6.07 Å². The Balaban J connectivity index is 2.97. The van der Waals surface area contributed by atoms with Gasteiger partial charge >= 0.3 is 12.4 Å². The molecule has 0 aliphatic carbocycles. The highest BCUT2D eigenvalue weighted by molar-refractivity contribution is 9.10. The maximum Gasteiger partial charge on any atom is 0.451 e. The second-order valence-corrected chi connectivity index (χ2v) is 4.62. The van der Waals surface area contributed by atoms with Gasteiger partial charge in [-0.1, -0.05) is 0 Å². The number of Topliss-reactive ketones (excluding diaryl/α,β-unsaturated/α-hetero) is 1. The Kier molecular flexibility index (Phi) is 5.05. The van der Waals surface area contributed by atoms with Crippen LogP contribution in [0.5, 0.6) is 0 Å². The van der Waals surface area contributed by atoms with E-state index in [0.717, 1.165) is 0 Å². The number of hydrogen-bond donors (Lipinski definition) is 2. The van der Waals surface area contributed by atoms with E-state index < -0.39 is 52.1 Å². The summed E-state index contributed by atoms with van der Waals surface area (Å²) in [5, 5.41) is 1.58. The molecule has 1 heterocycles. The first-order valence-electron chi connectivity index (χ1n) is 5.25. The van der Waals surface area contributed by atoms with Gasteiger partial charge in [-0.15, -0.1) is 0 Å². The summed E-state index contributed by atoms with van der Waals surface area (Å²) >= 11 is 2.48. The van der Waals surface area contributed by atoms with Crippen LogP contribution in [0, 0.1) is 0 Å². The number of carbonyl (C=O) groups is 2. The van der Waals surface area contributed by atoms with Crippen molar-refractivity contribution in [1.29, 1.82) is 0 Å². The zero-order valence-electron chi connectivity index (χ0n) is 10.3. The summed E-state index contributed by atoms with van der Waals surface area (Å²) in [5.41, 5.74) is 2.53. The fourth-order valence-electron chi connectivity index (χ4n) is 1.23.